The van der Waals surface area contributed by atoms with Gasteiger partial charge in [0, 0.05) is 19.2 Å². The van der Waals surface area contributed by atoms with Gasteiger partial charge in [-0.1, -0.05) is 0 Å². The molecule has 0 bridgehead atoms. The van der Waals surface area contributed by atoms with Crippen molar-refractivity contribution in [2.75, 3.05) is 4.90 Å². The van der Waals surface area contributed by atoms with Gasteiger partial charge in [0.25, 0.3) is 5.91 Å². The van der Waals surface area contributed by atoms with Gasteiger partial charge >= 0.3 is 0 Å². The van der Waals surface area contributed by atoms with Gasteiger partial charge in [0.2, 0.25) is 0 Å². The zero-order chi connectivity index (χ0) is 11.2. The number of hydrogen-bond donors (Lipinski definition) is 1. The van der Waals surface area contributed by atoms with Crippen LogP contribution in [0.5, 0.6) is 0 Å². The highest BCUT2D eigenvalue weighted by atomic mass is 127. The molecule has 1 amide bonds. The van der Waals surface area contributed by atoms with Crippen LogP contribution in [-0.4, -0.2) is 27.0 Å². The van der Waals surface area contributed by atoms with Gasteiger partial charge in [0.1, 0.15) is 3.70 Å². The molecule has 1 aromatic heterocycles. The van der Waals surface area contributed by atoms with Gasteiger partial charge in [-0.2, -0.15) is 5.10 Å². The van der Waals surface area contributed by atoms with E-state index in [0.29, 0.717) is 11.4 Å². The van der Waals surface area contributed by atoms with E-state index in [1.54, 1.807) is 24.7 Å². The molecule has 0 saturated heterocycles. The molecule has 80 valence electrons. The van der Waals surface area contributed by atoms with Crippen LogP contribution >= 0.6 is 22.6 Å². The molecule has 1 unspecified atom stereocenters. The number of aliphatic hydroxyl groups excluding tert-OH is 1. The van der Waals surface area contributed by atoms with Crippen LogP contribution in [0, 0.1) is 3.70 Å². The summed E-state index contributed by atoms with van der Waals surface area (Å²) >= 11 is 2.11. The third-order valence-corrected chi connectivity index (χ3v) is 3.31. The molecule has 1 aromatic rings. The van der Waals surface area contributed by atoms with Crippen molar-refractivity contribution in [1.29, 1.82) is 0 Å². The third-order valence-electron chi connectivity index (χ3n) is 2.30. The first kappa shape index (κ1) is 10.6. The van der Waals surface area contributed by atoms with Crippen LogP contribution in [0.25, 0.3) is 0 Å². The molecule has 15 heavy (non-hydrogen) atoms. The summed E-state index contributed by atoms with van der Waals surface area (Å²) in [5, 5.41) is 13.9. The summed E-state index contributed by atoms with van der Waals surface area (Å²) in [7, 11) is 1.79. The average molecular weight is 319 g/mol. The zero-order valence-corrected chi connectivity index (χ0v) is 10.5. The lowest BCUT2D eigenvalue weighted by Gasteiger charge is -2.18. The van der Waals surface area contributed by atoms with E-state index < -0.39 is 6.23 Å². The number of amides is 1. The van der Waals surface area contributed by atoms with Crippen molar-refractivity contribution in [2.45, 2.75) is 13.2 Å². The zero-order valence-electron chi connectivity index (χ0n) is 8.31. The minimum absolute atomic E-state index is 0.227. The first-order chi connectivity index (χ1) is 7.00. The highest BCUT2D eigenvalue weighted by molar-refractivity contribution is 14.1. The third kappa shape index (κ3) is 1.67. The Morgan fingerprint density at radius 3 is 2.67 bits per heavy atom. The van der Waals surface area contributed by atoms with Crippen LogP contribution in [0.2, 0.25) is 0 Å². The summed E-state index contributed by atoms with van der Waals surface area (Å²) in [5.41, 5.74) is 0.640. The van der Waals surface area contributed by atoms with E-state index in [1.807, 2.05) is 0 Å². The number of carbonyl (C=O) groups excluding carboxylic acids is 1. The molecule has 0 aliphatic carbocycles. The van der Waals surface area contributed by atoms with Gasteiger partial charge < -0.3 is 5.11 Å². The summed E-state index contributed by atoms with van der Waals surface area (Å²) < 4.78 is 2.57. The van der Waals surface area contributed by atoms with Crippen molar-refractivity contribution in [2.24, 2.45) is 7.05 Å². The normalized spacial score (nSPS) is 21.1. The number of carbonyl (C=O) groups is 1. The quantitative estimate of drug-likeness (QED) is 0.773. The van der Waals surface area contributed by atoms with Crippen molar-refractivity contribution in [3.63, 3.8) is 0 Å². The Kier molecular flexibility index (Phi) is 2.55. The van der Waals surface area contributed by atoms with Crippen LogP contribution in [0.15, 0.2) is 17.7 Å². The molecule has 1 atom stereocenters. The van der Waals surface area contributed by atoms with Gasteiger partial charge in [0.15, 0.2) is 12.0 Å². The second-order valence-corrected chi connectivity index (χ2v) is 4.52. The SMILES string of the molecule is CC1=CC(=O)N(c2cc(I)n(C)n2)C1O. The minimum Gasteiger partial charge on any atom is -0.369 e. The Bertz CT molecular complexity index is 433. The Morgan fingerprint density at radius 1 is 1.60 bits per heavy atom. The molecule has 1 aliphatic rings. The molecule has 6 heteroatoms. The standard InChI is InChI=1S/C9H10IN3O2/c1-5-3-8(14)13(9(5)15)7-4-6(10)12(2)11-7/h3-4,9,15H,1-2H3. The summed E-state index contributed by atoms with van der Waals surface area (Å²) in [6.07, 6.45) is 0.537. The molecular weight excluding hydrogens is 309 g/mol. The number of aliphatic hydroxyl groups is 1. The van der Waals surface area contributed by atoms with E-state index in [9.17, 15) is 9.90 Å². The molecule has 1 aliphatic heterocycles. The largest absolute Gasteiger partial charge is 0.369 e. The summed E-state index contributed by atoms with van der Waals surface area (Å²) in [4.78, 5) is 12.8. The second-order valence-electron chi connectivity index (χ2n) is 3.42. The fourth-order valence-corrected chi connectivity index (χ4v) is 1.84. The highest BCUT2D eigenvalue weighted by Crippen LogP contribution is 2.24. The van der Waals surface area contributed by atoms with E-state index in [1.165, 1.54) is 11.0 Å². The van der Waals surface area contributed by atoms with Crippen molar-refractivity contribution >= 4 is 34.3 Å². The predicted octanol–water partition coefficient (Wildman–Crippen LogP) is 0.636. The molecule has 0 fully saturated rings. The Labute approximate surface area is 101 Å². The lowest BCUT2D eigenvalue weighted by molar-refractivity contribution is -0.114. The second kappa shape index (κ2) is 3.60. The molecule has 0 radical (unpaired) electrons. The molecule has 0 spiro atoms. The van der Waals surface area contributed by atoms with Crippen LogP contribution < -0.4 is 4.90 Å². The molecule has 1 N–H and O–H groups in total. The Morgan fingerprint density at radius 2 is 2.27 bits per heavy atom. The lowest BCUT2D eigenvalue weighted by atomic mass is 10.3. The smallest absolute Gasteiger partial charge is 0.254 e. The number of halogens is 1. The first-order valence-corrected chi connectivity index (χ1v) is 5.47. The van der Waals surface area contributed by atoms with E-state index in [4.69, 9.17) is 0 Å². The fraction of sp³-hybridized carbons (Fsp3) is 0.333. The fourth-order valence-electron chi connectivity index (χ4n) is 1.45. The molecule has 0 saturated carbocycles. The minimum atomic E-state index is -0.886. The summed E-state index contributed by atoms with van der Waals surface area (Å²) in [6.45, 7) is 1.72. The molecule has 2 rings (SSSR count). The Balaban J connectivity index is 2.37. The Hall–Kier alpha value is -0.890. The van der Waals surface area contributed by atoms with E-state index in [2.05, 4.69) is 27.7 Å². The number of aromatic nitrogens is 2. The molecular formula is C9H10IN3O2. The van der Waals surface area contributed by atoms with Crippen molar-refractivity contribution in [1.82, 2.24) is 9.78 Å². The van der Waals surface area contributed by atoms with Crippen LogP contribution in [0.3, 0.4) is 0 Å². The topological polar surface area (TPSA) is 58.4 Å². The van der Waals surface area contributed by atoms with Crippen molar-refractivity contribution in [3.8, 4) is 0 Å². The molecule has 2 heterocycles. The maximum atomic E-state index is 11.6. The van der Waals surface area contributed by atoms with Crippen molar-refractivity contribution in [3.05, 3.63) is 21.4 Å². The van der Waals surface area contributed by atoms with Crippen molar-refractivity contribution < 1.29 is 9.90 Å². The number of rotatable bonds is 1. The lowest BCUT2D eigenvalue weighted by Crippen LogP contribution is -2.35. The molecule has 5 nitrogen and oxygen atoms in total. The van der Waals surface area contributed by atoms with Gasteiger partial charge in [-0.3, -0.25) is 14.4 Å². The maximum Gasteiger partial charge on any atom is 0.254 e. The monoisotopic (exact) mass is 319 g/mol. The number of aryl methyl sites for hydroxylation is 1. The van der Waals surface area contributed by atoms with Gasteiger partial charge in [-0.15, -0.1) is 0 Å². The number of anilines is 1. The van der Waals surface area contributed by atoms with E-state index in [-0.39, 0.29) is 5.91 Å². The van der Waals surface area contributed by atoms with Crippen LogP contribution in [0.4, 0.5) is 5.82 Å². The highest BCUT2D eigenvalue weighted by Gasteiger charge is 2.31. The van der Waals surface area contributed by atoms with Crippen LogP contribution in [-0.2, 0) is 11.8 Å². The van der Waals surface area contributed by atoms with Gasteiger partial charge in [0.05, 0.1) is 0 Å². The van der Waals surface area contributed by atoms with Crippen LogP contribution in [0.1, 0.15) is 6.92 Å². The number of nitrogens with zero attached hydrogens (tertiary/aromatic N) is 3. The average Bonchev–Trinajstić information content (AvgIpc) is 2.57. The summed E-state index contributed by atoms with van der Waals surface area (Å²) in [6, 6.07) is 1.76. The number of hydrogen-bond acceptors (Lipinski definition) is 3. The maximum absolute atomic E-state index is 11.6. The first-order valence-electron chi connectivity index (χ1n) is 4.39. The predicted molar refractivity (Wildman–Crippen MR) is 63.2 cm³/mol. The van der Waals surface area contributed by atoms with Gasteiger partial charge in [-0.25, -0.2) is 0 Å². The van der Waals surface area contributed by atoms with Gasteiger partial charge in [-0.05, 0) is 35.1 Å². The molecule has 0 aromatic carbocycles. The summed E-state index contributed by atoms with van der Waals surface area (Å²) in [5.74, 6) is 0.252. The van der Waals surface area contributed by atoms with E-state index in [0.717, 1.165) is 3.70 Å². The van der Waals surface area contributed by atoms with E-state index >= 15 is 0 Å².